The number of rotatable bonds is 10. The van der Waals surface area contributed by atoms with Gasteiger partial charge in [0.25, 0.3) is 0 Å². The van der Waals surface area contributed by atoms with E-state index < -0.39 is 5.97 Å². The van der Waals surface area contributed by atoms with Gasteiger partial charge in [0.1, 0.15) is 18.1 Å². The molecule has 3 aromatic carbocycles. The molecule has 0 radical (unpaired) electrons. The summed E-state index contributed by atoms with van der Waals surface area (Å²) in [6, 6.07) is 15.9. The number of esters is 1. The molecule has 0 unspecified atom stereocenters. The van der Waals surface area contributed by atoms with Gasteiger partial charge in [-0.15, -0.1) is 0 Å². The zero-order valence-corrected chi connectivity index (χ0v) is 17.7. The SMILES string of the molecule is CCOC(=O)c1c(CCCOCOC)c(C(=O)c2ccccc2)c2ccccc2c1O. The summed E-state index contributed by atoms with van der Waals surface area (Å²) in [5.41, 5.74) is 1.40. The number of fused-ring (bicyclic) bond motifs is 1. The fraction of sp³-hybridized carbons (Fsp3) is 0.280. The van der Waals surface area contributed by atoms with Gasteiger partial charge in [0.15, 0.2) is 5.78 Å². The van der Waals surface area contributed by atoms with Crippen LogP contribution in [0.1, 0.15) is 45.2 Å². The molecule has 0 fully saturated rings. The van der Waals surface area contributed by atoms with Crippen LogP contribution >= 0.6 is 0 Å². The molecule has 6 heteroatoms. The molecule has 0 atom stereocenters. The fourth-order valence-electron chi connectivity index (χ4n) is 3.63. The molecular formula is C25H26O6. The molecule has 0 saturated carbocycles. The molecule has 0 aliphatic heterocycles. The van der Waals surface area contributed by atoms with E-state index in [1.165, 1.54) is 7.11 Å². The van der Waals surface area contributed by atoms with Crippen molar-refractivity contribution in [3.05, 3.63) is 76.9 Å². The van der Waals surface area contributed by atoms with E-state index in [0.717, 1.165) is 0 Å². The first-order chi connectivity index (χ1) is 15.1. The standard InChI is InChI=1S/C25H26O6/c1-3-31-25(28)22-20(14-9-15-30-16-29-2)21(23(26)17-10-5-4-6-11-17)18-12-7-8-13-19(18)24(22)27/h4-8,10-13,27H,3,9,14-16H2,1-2H3. The maximum atomic E-state index is 13.6. The Hall–Kier alpha value is -3.22. The number of carbonyl (C=O) groups is 2. The van der Waals surface area contributed by atoms with Crippen molar-refractivity contribution >= 4 is 22.5 Å². The van der Waals surface area contributed by atoms with Crippen LogP contribution in [-0.2, 0) is 20.6 Å². The number of phenolic OH excluding ortho intramolecular Hbond substituents is 1. The van der Waals surface area contributed by atoms with E-state index in [9.17, 15) is 14.7 Å². The molecular weight excluding hydrogens is 396 g/mol. The van der Waals surface area contributed by atoms with Crippen molar-refractivity contribution in [2.45, 2.75) is 19.8 Å². The second-order valence-corrected chi connectivity index (χ2v) is 6.96. The van der Waals surface area contributed by atoms with Crippen molar-refractivity contribution < 1.29 is 28.9 Å². The number of aromatic hydroxyl groups is 1. The van der Waals surface area contributed by atoms with Crippen LogP contribution in [0.25, 0.3) is 10.8 Å². The molecule has 0 aliphatic carbocycles. The second-order valence-electron chi connectivity index (χ2n) is 6.96. The number of hydrogen-bond donors (Lipinski definition) is 1. The summed E-state index contributed by atoms with van der Waals surface area (Å²) in [4.78, 5) is 26.4. The van der Waals surface area contributed by atoms with Crippen molar-refractivity contribution in [1.82, 2.24) is 0 Å². The number of ketones is 1. The van der Waals surface area contributed by atoms with Crippen LogP contribution in [0.15, 0.2) is 54.6 Å². The van der Waals surface area contributed by atoms with Gasteiger partial charge in [0.2, 0.25) is 0 Å². The highest BCUT2D eigenvalue weighted by atomic mass is 16.7. The minimum absolute atomic E-state index is 0.0339. The fourth-order valence-corrected chi connectivity index (χ4v) is 3.63. The summed E-state index contributed by atoms with van der Waals surface area (Å²) in [5, 5.41) is 12.0. The van der Waals surface area contributed by atoms with Crippen LogP contribution in [0, 0.1) is 0 Å². The van der Waals surface area contributed by atoms with Gasteiger partial charge in [-0.25, -0.2) is 4.79 Å². The number of carbonyl (C=O) groups excluding carboxylic acids is 2. The van der Waals surface area contributed by atoms with Gasteiger partial charge >= 0.3 is 5.97 Å². The maximum Gasteiger partial charge on any atom is 0.342 e. The average molecular weight is 422 g/mol. The third-order valence-corrected chi connectivity index (χ3v) is 4.95. The summed E-state index contributed by atoms with van der Waals surface area (Å²) < 4.78 is 15.5. The van der Waals surface area contributed by atoms with E-state index in [4.69, 9.17) is 14.2 Å². The third kappa shape index (κ3) is 4.93. The van der Waals surface area contributed by atoms with Gasteiger partial charge in [0.05, 0.1) is 6.61 Å². The first kappa shape index (κ1) is 22.5. The molecule has 0 saturated heterocycles. The number of phenols is 1. The van der Waals surface area contributed by atoms with E-state index in [1.54, 1.807) is 55.5 Å². The Morgan fingerprint density at radius 3 is 2.29 bits per heavy atom. The summed E-state index contributed by atoms with van der Waals surface area (Å²) in [7, 11) is 1.54. The van der Waals surface area contributed by atoms with Crippen LogP contribution < -0.4 is 0 Å². The van der Waals surface area contributed by atoms with Gasteiger partial charge < -0.3 is 19.3 Å². The topological polar surface area (TPSA) is 82.1 Å². The summed E-state index contributed by atoms with van der Waals surface area (Å²) >= 11 is 0. The van der Waals surface area contributed by atoms with Crippen LogP contribution in [0.5, 0.6) is 5.75 Å². The van der Waals surface area contributed by atoms with E-state index in [1.807, 2.05) is 6.07 Å². The van der Waals surface area contributed by atoms with Crippen LogP contribution in [0.3, 0.4) is 0 Å². The zero-order valence-electron chi connectivity index (χ0n) is 17.7. The summed E-state index contributed by atoms with van der Waals surface area (Å²) in [6.45, 7) is 2.39. The second kappa shape index (κ2) is 10.7. The highest BCUT2D eigenvalue weighted by molar-refractivity contribution is 6.20. The van der Waals surface area contributed by atoms with E-state index in [2.05, 4.69) is 0 Å². The molecule has 0 heterocycles. The minimum Gasteiger partial charge on any atom is -0.506 e. The zero-order chi connectivity index (χ0) is 22.2. The average Bonchev–Trinajstić information content (AvgIpc) is 2.79. The van der Waals surface area contributed by atoms with Crippen LogP contribution in [0.4, 0.5) is 0 Å². The maximum absolute atomic E-state index is 13.6. The lowest BCUT2D eigenvalue weighted by Crippen LogP contribution is -2.15. The molecule has 0 amide bonds. The molecule has 0 spiro atoms. The predicted molar refractivity (Wildman–Crippen MR) is 118 cm³/mol. The quantitative estimate of drug-likeness (QED) is 0.224. The van der Waals surface area contributed by atoms with Gasteiger partial charge in [-0.2, -0.15) is 0 Å². The van der Waals surface area contributed by atoms with Crippen molar-refractivity contribution in [2.24, 2.45) is 0 Å². The molecule has 3 rings (SSSR count). The Morgan fingerprint density at radius 2 is 1.61 bits per heavy atom. The van der Waals surface area contributed by atoms with Crippen molar-refractivity contribution in [1.29, 1.82) is 0 Å². The van der Waals surface area contributed by atoms with Crippen LogP contribution in [-0.4, -0.2) is 44.0 Å². The van der Waals surface area contributed by atoms with Crippen LogP contribution in [0.2, 0.25) is 0 Å². The van der Waals surface area contributed by atoms with Gasteiger partial charge in [-0.1, -0.05) is 54.6 Å². The van der Waals surface area contributed by atoms with E-state index in [0.29, 0.717) is 46.9 Å². The largest absolute Gasteiger partial charge is 0.506 e. The Bertz CT molecular complexity index is 1060. The Morgan fingerprint density at radius 1 is 0.935 bits per heavy atom. The number of hydrogen-bond acceptors (Lipinski definition) is 6. The van der Waals surface area contributed by atoms with Crippen molar-refractivity contribution in [3.63, 3.8) is 0 Å². The highest BCUT2D eigenvalue weighted by Crippen LogP contribution is 2.38. The van der Waals surface area contributed by atoms with E-state index in [-0.39, 0.29) is 30.5 Å². The molecule has 0 aliphatic rings. The predicted octanol–water partition coefficient (Wildman–Crippen LogP) is 4.51. The Labute approximate surface area is 181 Å². The highest BCUT2D eigenvalue weighted by Gasteiger charge is 2.28. The third-order valence-electron chi connectivity index (χ3n) is 4.95. The summed E-state index contributed by atoms with van der Waals surface area (Å²) in [6.07, 6.45) is 0.882. The number of ether oxygens (including phenoxy) is 3. The van der Waals surface area contributed by atoms with Gasteiger partial charge in [0, 0.05) is 30.2 Å². The Kier molecular flexibility index (Phi) is 7.76. The number of benzene rings is 3. The Balaban J connectivity index is 2.21. The lowest BCUT2D eigenvalue weighted by Gasteiger charge is -2.19. The first-order valence-electron chi connectivity index (χ1n) is 10.2. The van der Waals surface area contributed by atoms with Gasteiger partial charge in [-0.05, 0) is 30.7 Å². The van der Waals surface area contributed by atoms with Crippen molar-refractivity contribution in [2.75, 3.05) is 27.1 Å². The molecule has 0 bridgehead atoms. The van der Waals surface area contributed by atoms with Crippen molar-refractivity contribution in [3.8, 4) is 5.75 Å². The smallest absolute Gasteiger partial charge is 0.342 e. The molecule has 6 nitrogen and oxygen atoms in total. The summed E-state index contributed by atoms with van der Waals surface area (Å²) in [5.74, 6) is -1.04. The first-order valence-corrected chi connectivity index (χ1v) is 10.2. The lowest BCUT2D eigenvalue weighted by atomic mass is 9.86. The lowest BCUT2D eigenvalue weighted by molar-refractivity contribution is -0.0310. The normalized spacial score (nSPS) is 10.9. The monoisotopic (exact) mass is 422 g/mol. The molecule has 0 aromatic heterocycles. The molecule has 3 aromatic rings. The van der Waals surface area contributed by atoms with Gasteiger partial charge in [-0.3, -0.25) is 4.79 Å². The molecule has 31 heavy (non-hydrogen) atoms. The number of methoxy groups -OCH3 is 1. The minimum atomic E-state index is -0.652. The molecule has 1 N–H and O–H groups in total. The molecule has 162 valence electrons. The van der Waals surface area contributed by atoms with E-state index >= 15 is 0 Å².